The fourth-order valence-corrected chi connectivity index (χ4v) is 2.10. The Labute approximate surface area is 121 Å². The third-order valence-corrected chi connectivity index (χ3v) is 3.44. The second-order valence-electron chi connectivity index (χ2n) is 4.16. The molecule has 2 aromatic rings. The summed E-state index contributed by atoms with van der Waals surface area (Å²) in [5.41, 5.74) is 4.73. The molecule has 7 heteroatoms. The molecule has 0 amide bonds. The number of hydrogen-bond acceptors (Lipinski definition) is 6. The van der Waals surface area contributed by atoms with Crippen LogP contribution in [0.15, 0.2) is 29.4 Å². The monoisotopic (exact) mass is 291 g/mol. The van der Waals surface area contributed by atoms with Gasteiger partial charge in [-0.2, -0.15) is 9.47 Å². The van der Waals surface area contributed by atoms with Crippen LogP contribution in [0.2, 0.25) is 0 Å². The number of hydrazone groups is 1. The van der Waals surface area contributed by atoms with Gasteiger partial charge in [0.05, 0.1) is 12.8 Å². The average Bonchev–Trinajstić information content (AvgIpc) is 2.85. The van der Waals surface area contributed by atoms with Crippen LogP contribution < -0.4 is 15.0 Å². The lowest BCUT2D eigenvalue weighted by atomic mass is 10.3. The molecule has 6 nitrogen and oxygen atoms in total. The first-order valence-electron chi connectivity index (χ1n) is 6.22. The van der Waals surface area contributed by atoms with Crippen molar-refractivity contribution in [3.8, 4) is 11.4 Å². The Bertz CT molecular complexity index is 656. The molecule has 0 aliphatic heterocycles. The van der Waals surface area contributed by atoms with Crippen molar-refractivity contribution in [2.45, 2.75) is 20.3 Å². The van der Waals surface area contributed by atoms with E-state index in [2.05, 4.69) is 14.9 Å². The van der Waals surface area contributed by atoms with Gasteiger partial charge in [-0.25, -0.2) is 5.43 Å². The molecule has 0 aliphatic carbocycles. The lowest BCUT2D eigenvalue weighted by Crippen LogP contribution is -2.13. The van der Waals surface area contributed by atoms with E-state index >= 15 is 0 Å². The smallest absolute Gasteiger partial charge is 0.241 e. The standard InChI is InChI=1S/C13H17N5OS/c1-4-9(2)15-16-13-17-20-12(14)18(13)10-5-7-11(19-3)8-6-10/h5-8,14H,4H2,1-3H3,(H,16,17)/b14-12?,15-9+. The highest BCUT2D eigenvalue weighted by Crippen LogP contribution is 2.17. The molecule has 0 fully saturated rings. The molecule has 1 aromatic carbocycles. The molecule has 0 atom stereocenters. The highest BCUT2D eigenvalue weighted by Gasteiger charge is 2.08. The summed E-state index contributed by atoms with van der Waals surface area (Å²) < 4.78 is 11.0. The van der Waals surface area contributed by atoms with Gasteiger partial charge in [-0.15, -0.1) is 0 Å². The zero-order chi connectivity index (χ0) is 14.5. The van der Waals surface area contributed by atoms with Gasteiger partial charge >= 0.3 is 0 Å². The van der Waals surface area contributed by atoms with Crippen LogP contribution in [0, 0.1) is 5.41 Å². The van der Waals surface area contributed by atoms with Gasteiger partial charge in [-0.1, -0.05) is 6.92 Å². The highest BCUT2D eigenvalue weighted by molar-refractivity contribution is 7.03. The van der Waals surface area contributed by atoms with E-state index in [1.165, 1.54) is 0 Å². The molecular formula is C13H17N5OS. The lowest BCUT2D eigenvalue weighted by molar-refractivity contribution is 0.414. The Morgan fingerprint density at radius 3 is 2.75 bits per heavy atom. The summed E-state index contributed by atoms with van der Waals surface area (Å²) in [5.74, 6) is 1.32. The van der Waals surface area contributed by atoms with Crippen molar-refractivity contribution >= 4 is 23.2 Å². The molecule has 0 spiro atoms. The van der Waals surface area contributed by atoms with E-state index in [4.69, 9.17) is 10.1 Å². The van der Waals surface area contributed by atoms with Crippen LogP contribution in [0.3, 0.4) is 0 Å². The quantitative estimate of drug-likeness (QED) is 0.657. The van der Waals surface area contributed by atoms with E-state index in [9.17, 15) is 0 Å². The van der Waals surface area contributed by atoms with E-state index in [1.54, 1.807) is 11.7 Å². The molecule has 0 aliphatic rings. The fourth-order valence-electron chi connectivity index (χ4n) is 1.53. The zero-order valence-electron chi connectivity index (χ0n) is 11.7. The third-order valence-electron chi connectivity index (χ3n) is 2.82. The Morgan fingerprint density at radius 1 is 1.45 bits per heavy atom. The van der Waals surface area contributed by atoms with Gasteiger partial charge in [0.1, 0.15) is 5.75 Å². The van der Waals surface area contributed by atoms with E-state index in [0.717, 1.165) is 35.1 Å². The van der Waals surface area contributed by atoms with Crippen LogP contribution in [-0.4, -0.2) is 21.8 Å². The summed E-state index contributed by atoms with van der Waals surface area (Å²) in [6.45, 7) is 3.98. The topological polar surface area (TPSA) is 75.3 Å². The van der Waals surface area contributed by atoms with Gasteiger partial charge < -0.3 is 4.74 Å². The molecule has 1 aromatic heterocycles. The van der Waals surface area contributed by atoms with Gasteiger partial charge in [0, 0.05) is 17.2 Å². The molecule has 0 bridgehead atoms. The van der Waals surface area contributed by atoms with Crippen molar-refractivity contribution in [1.82, 2.24) is 8.94 Å². The number of anilines is 1. The minimum Gasteiger partial charge on any atom is -0.497 e. The van der Waals surface area contributed by atoms with Crippen molar-refractivity contribution in [1.29, 1.82) is 5.41 Å². The van der Waals surface area contributed by atoms with E-state index in [1.807, 2.05) is 38.1 Å². The number of nitrogens with one attached hydrogen (secondary N) is 2. The SMILES string of the molecule is CC/C(C)=N/Nc1nsc(=N)n1-c1ccc(OC)cc1. The first-order chi connectivity index (χ1) is 9.65. The highest BCUT2D eigenvalue weighted by atomic mass is 32.1. The molecule has 2 rings (SSSR count). The molecule has 20 heavy (non-hydrogen) atoms. The molecular weight excluding hydrogens is 274 g/mol. The Hall–Kier alpha value is -2.15. The second-order valence-corrected chi connectivity index (χ2v) is 4.91. The minimum absolute atomic E-state index is 0.335. The molecule has 0 saturated heterocycles. The van der Waals surface area contributed by atoms with E-state index in [-0.39, 0.29) is 0 Å². The predicted octanol–water partition coefficient (Wildman–Crippen LogP) is 2.62. The Kier molecular flexibility index (Phi) is 4.52. The summed E-state index contributed by atoms with van der Waals surface area (Å²) in [5, 5.41) is 12.2. The number of nitrogens with zero attached hydrogens (tertiary/aromatic N) is 3. The minimum atomic E-state index is 0.335. The van der Waals surface area contributed by atoms with Gasteiger partial charge in [0.2, 0.25) is 10.7 Å². The lowest BCUT2D eigenvalue weighted by Gasteiger charge is -2.07. The van der Waals surface area contributed by atoms with Crippen LogP contribution in [0.25, 0.3) is 5.69 Å². The number of rotatable bonds is 5. The normalized spacial score (nSPS) is 11.4. The first kappa shape index (κ1) is 14.3. The summed E-state index contributed by atoms with van der Waals surface area (Å²) >= 11 is 1.11. The predicted molar refractivity (Wildman–Crippen MR) is 80.9 cm³/mol. The number of ether oxygens (including phenoxy) is 1. The fraction of sp³-hybridized carbons (Fsp3) is 0.308. The molecule has 0 unspecified atom stereocenters. The van der Waals surface area contributed by atoms with Crippen molar-refractivity contribution in [2.75, 3.05) is 12.5 Å². The van der Waals surface area contributed by atoms with Crippen molar-refractivity contribution in [2.24, 2.45) is 5.10 Å². The molecule has 2 N–H and O–H groups in total. The molecule has 1 heterocycles. The van der Waals surface area contributed by atoms with Gasteiger partial charge in [0.15, 0.2) is 0 Å². The number of benzene rings is 1. The summed E-state index contributed by atoms with van der Waals surface area (Å²) in [4.78, 5) is 0.335. The Balaban J connectivity index is 2.35. The zero-order valence-corrected chi connectivity index (χ0v) is 12.5. The largest absolute Gasteiger partial charge is 0.497 e. The van der Waals surface area contributed by atoms with E-state index in [0.29, 0.717) is 10.7 Å². The number of aromatic nitrogens is 2. The van der Waals surface area contributed by atoms with Crippen LogP contribution in [0.1, 0.15) is 20.3 Å². The van der Waals surface area contributed by atoms with Crippen molar-refractivity contribution in [3.05, 3.63) is 29.1 Å². The maximum atomic E-state index is 7.96. The third kappa shape index (κ3) is 3.05. The molecule has 106 valence electrons. The summed E-state index contributed by atoms with van der Waals surface area (Å²) in [6.07, 6.45) is 0.868. The maximum absolute atomic E-state index is 7.96. The first-order valence-corrected chi connectivity index (χ1v) is 7.00. The van der Waals surface area contributed by atoms with Gasteiger partial charge in [-0.05, 0) is 37.6 Å². The van der Waals surface area contributed by atoms with Crippen LogP contribution in [0.5, 0.6) is 5.75 Å². The van der Waals surface area contributed by atoms with Crippen molar-refractivity contribution < 1.29 is 4.74 Å². The Morgan fingerprint density at radius 2 is 2.15 bits per heavy atom. The van der Waals surface area contributed by atoms with Crippen LogP contribution >= 0.6 is 11.5 Å². The molecule has 0 radical (unpaired) electrons. The van der Waals surface area contributed by atoms with Crippen LogP contribution in [-0.2, 0) is 0 Å². The van der Waals surface area contributed by atoms with Gasteiger partial charge in [-0.3, -0.25) is 9.98 Å². The summed E-state index contributed by atoms with van der Waals surface area (Å²) in [6, 6.07) is 7.47. The second kappa shape index (κ2) is 6.33. The van der Waals surface area contributed by atoms with Gasteiger partial charge in [0.25, 0.3) is 0 Å². The number of methoxy groups -OCH3 is 1. The van der Waals surface area contributed by atoms with E-state index < -0.39 is 0 Å². The van der Waals surface area contributed by atoms with Crippen LogP contribution in [0.4, 0.5) is 5.95 Å². The van der Waals surface area contributed by atoms with Crippen molar-refractivity contribution in [3.63, 3.8) is 0 Å². The maximum Gasteiger partial charge on any atom is 0.241 e. The summed E-state index contributed by atoms with van der Waals surface area (Å²) in [7, 11) is 1.62. The average molecular weight is 291 g/mol. The molecule has 0 saturated carbocycles. The number of hydrogen-bond donors (Lipinski definition) is 2.